The van der Waals surface area contributed by atoms with Crippen LogP contribution in [0.5, 0.6) is 0 Å². The topological polar surface area (TPSA) is 67.5 Å². The smallest absolute Gasteiger partial charge is 0.410 e. The van der Waals surface area contributed by atoms with Crippen molar-refractivity contribution in [2.45, 2.75) is 57.3 Å². The van der Waals surface area contributed by atoms with Crippen molar-refractivity contribution in [2.24, 2.45) is 0 Å². The lowest BCUT2D eigenvalue weighted by Crippen LogP contribution is -2.55. The molecule has 1 spiro atoms. The zero-order valence-corrected chi connectivity index (χ0v) is 23.9. The highest BCUT2D eigenvalue weighted by Crippen LogP contribution is 2.49. The molecular weight excluding hydrogens is 553 g/mol. The van der Waals surface area contributed by atoms with Crippen molar-refractivity contribution in [3.05, 3.63) is 59.4 Å². The number of alkyl halides is 3. The summed E-state index contributed by atoms with van der Waals surface area (Å²) in [5.74, 6) is 0.139. The Labute approximate surface area is 242 Å². The maximum absolute atomic E-state index is 13.7. The highest BCUT2D eigenvalue weighted by molar-refractivity contribution is 7.81. The van der Waals surface area contributed by atoms with Crippen LogP contribution in [0.4, 0.5) is 40.7 Å². The standard InChI is InChI=1S/C29H31F3N6O2S/c1-27(2,3)40-26(39)36-16-14-35(15-17-36)19-6-8-20(9-7-19)38-25(41)37(24(33)28(38)12-5-13-28)21-10-11-23(34-4)22(18-21)29(30,31)32/h6-11,18,33H,5,12-17H2,1-3H3. The second-order valence-electron chi connectivity index (χ2n) is 11.5. The van der Waals surface area contributed by atoms with Crippen molar-refractivity contribution in [1.82, 2.24) is 4.90 Å². The van der Waals surface area contributed by atoms with Gasteiger partial charge in [-0.25, -0.2) is 9.64 Å². The lowest BCUT2D eigenvalue weighted by Gasteiger charge is -2.44. The lowest BCUT2D eigenvalue weighted by molar-refractivity contribution is -0.136. The summed E-state index contributed by atoms with van der Waals surface area (Å²) in [6.07, 6.45) is -2.84. The molecule has 2 aromatic rings. The van der Waals surface area contributed by atoms with Crippen molar-refractivity contribution >= 4 is 52.0 Å². The van der Waals surface area contributed by atoms with E-state index in [9.17, 15) is 18.0 Å². The quantitative estimate of drug-likeness (QED) is 0.315. The predicted octanol–water partition coefficient (Wildman–Crippen LogP) is 6.82. The largest absolute Gasteiger partial charge is 0.444 e. The van der Waals surface area contributed by atoms with E-state index in [1.54, 1.807) is 4.90 Å². The van der Waals surface area contributed by atoms with Crippen molar-refractivity contribution < 1.29 is 22.7 Å². The fraction of sp³-hybridized carbons (Fsp3) is 0.448. The van der Waals surface area contributed by atoms with Crippen molar-refractivity contribution in [2.75, 3.05) is 40.9 Å². The van der Waals surface area contributed by atoms with Crippen LogP contribution < -0.4 is 14.7 Å². The zero-order valence-electron chi connectivity index (χ0n) is 23.1. The number of hydrogen-bond donors (Lipinski definition) is 1. The molecule has 1 saturated carbocycles. The molecule has 41 heavy (non-hydrogen) atoms. The van der Waals surface area contributed by atoms with Crippen molar-refractivity contribution in [3.8, 4) is 0 Å². The second-order valence-corrected chi connectivity index (χ2v) is 11.8. The molecular formula is C29H31F3N6O2S. The Hall–Kier alpha value is -3.85. The Morgan fingerprint density at radius 3 is 2.10 bits per heavy atom. The van der Waals surface area contributed by atoms with Crippen LogP contribution in [0.25, 0.3) is 4.85 Å². The molecule has 0 unspecified atom stereocenters. The highest BCUT2D eigenvalue weighted by Gasteiger charge is 2.57. The predicted molar refractivity (Wildman–Crippen MR) is 156 cm³/mol. The van der Waals surface area contributed by atoms with Crippen molar-refractivity contribution in [3.63, 3.8) is 0 Å². The van der Waals surface area contributed by atoms with Gasteiger partial charge in [-0.1, -0.05) is 6.07 Å². The molecule has 1 N–H and O–H groups in total. The van der Waals surface area contributed by atoms with Gasteiger partial charge in [-0.2, -0.15) is 13.2 Å². The number of halogens is 3. The van der Waals surface area contributed by atoms with Gasteiger partial charge in [0.2, 0.25) is 0 Å². The molecule has 3 fully saturated rings. The molecule has 1 amide bonds. The number of carbonyl (C=O) groups excluding carboxylic acids is 1. The van der Waals surface area contributed by atoms with E-state index in [0.29, 0.717) is 39.0 Å². The second kappa shape index (κ2) is 10.2. The minimum Gasteiger partial charge on any atom is -0.444 e. The van der Waals surface area contributed by atoms with Gasteiger partial charge < -0.3 is 19.4 Å². The Balaban J connectivity index is 1.36. The summed E-state index contributed by atoms with van der Waals surface area (Å²) in [6, 6.07) is 11.2. The molecule has 2 heterocycles. The van der Waals surface area contributed by atoms with Crippen LogP contribution in [0, 0.1) is 12.0 Å². The monoisotopic (exact) mass is 584 g/mol. The number of nitrogens with zero attached hydrogens (tertiary/aromatic N) is 5. The van der Waals surface area contributed by atoms with Gasteiger partial charge in [-0.15, -0.1) is 0 Å². The van der Waals surface area contributed by atoms with E-state index in [1.807, 2.05) is 49.9 Å². The number of thiocarbonyl (C=S) groups is 1. The van der Waals surface area contributed by atoms with Gasteiger partial charge in [-0.3, -0.25) is 10.3 Å². The van der Waals surface area contributed by atoms with E-state index in [0.717, 1.165) is 29.9 Å². The minimum atomic E-state index is -4.71. The number of amidine groups is 1. The number of hydrogen-bond acceptors (Lipinski definition) is 5. The molecule has 12 heteroatoms. The molecule has 5 rings (SSSR count). The summed E-state index contributed by atoms with van der Waals surface area (Å²) in [5, 5.41) is 9.23. The third kappa shape index (κ3) is 5.19. The lowest BCUT2D eigenvalue weighted by atomic mass is 9.75. The summed E-state index contributed by atoms with van der Waals surface area (Å²) in [4.78, 5) is 22.6. The van der Waals surface area contributed by atoms with Gasteiger partial charge in [0.05, 0.1) is 12.1 Å². The number of carbonyl (C=O) groups is 1. The third-order valence-electron chi connectivity index (χ3n) is 7.72. The number of amides is 1. The summed E-state index contributed by atoms with van der Waals surface area (Å²) in [5.41, 5.74) is -0.963. The van der Waals surface area contributed by atoms with Gasteiger partial charge in [0.15, 0.2) is 10.8 Å². The molecule has 0 aromatic heterocycles. The van der Waals surface area contributed by atoms with Crippen LogP contribution >= 0.6 is 12.2 Å². The number of ether oxygens (including phenoxy) is 1. The van der Waals surface area contributed by atoms with E-state index < -0.39 is 28.6 Å². The number of rotatable bonds is 3. The average Bonchev–Trinajstić information content (AvgIpc) is 3.13. The highest BCUT2D eigenvalue weighted by atomic mass is 32.1. The number of piperazine rings is 1. The summed E-state index contributed by atoms with van der Waals surface area (Å²) in [6.45, 7) is 15.0. The normalized spacial score (nSPS) is 19.0. The Kier molecular flexibility index (Phi) is 7.14. The van der Waals surface area contributed by atoms with Crippen LogP contribution in [-0.4, -0.2) is 59.3 Å². The average molecular weight is 585 g/mol. The maximum atomic E-state index is 13.7. The Morgan fingerprint density at radius 2 is 1.59 bits per heavy atom. The molecule has 2 saturated heterocycles. The van der Waals surface area contributed by atoms with E-state index >= 15 is 0 Å². The van der Waals surface area contributed by atoms with E-state index in [4.69, 9.17) is 28.9 Å². The Morgan fingerprint density at radius 1 is 1.00 bits per heavy atom. The van der Waals surface area contributed by atoms with Crippen LogP contribution in [0.3, 0.4) is 0 Å². The number of nitrogens with one attached hydrogen (secondary N) is 1. The number of benzene rings is 2. The molecule has 2 aliphatic heterocycles. The molecule has 0 atom stereocenters. The van der Waals surface area contributed by atoms with E-state index in [-0.39, 0.29) is 22.7 Å². The summed E-state index contributed by atoms with van der Waals surface area (Å²) < 4.78 is 46.6. The van der Waals surface area contributed by atoms with Gasteiger partial charge >= 0.3 is 12.3 Å². The first-order valence-electron chi connectivity index (χ1n) is 13.4. The maximum Gasteiger partial charge on any atom is 0.410 e. The van der Waals surface area contributed by atoms with Gasteiger partial charge in [-0.05, 0) is 88.6 Å². The van der Waals surface area contributed by atoms with Crippen LogP contribution in [-0.2, 0) is 10.9 Å². The van der Waals surface area contributed by atoms with Gasteiger partial charge in [0.25, 0.3) is 0 Å². The van der Waals surface area contributed by atoms with Gasteiger partial charge in [0, 0.05) is 43.2 Å². The molecule has 0 radical (unpaired) electrons. The zero-order chi connectivity index (χ0) is 29.7. The van der Waals surface area contributed by atoms with E-state index in [2.05, 4.69) is 9.74 Å². The molecule has 216 valence electrons. The van der Waals surface area contributed by atoms with Gasteiger partial charge in [0.1, 0.15) is 17.0 Å². The summed E-state index contributed by atoms with van der Waals surface area (Å²) >= 11 is 5.79. The van der Waals surface area contributed by atoms with Crippen LogP contribution in [0.1, 0.15) is 45.6 Å². The molecule has 1 aliphatic carbocycles. The van der Waals surface area contributed by atoms with Crippen LogP contribution in [0.2, 0.25) is 0 Å². The summed E-state index contributed by atoms with van der Waals surface area (Å²) in [7, 11) is 0. The fourth-order valence-electron chi connectivity index (χ4n) is 5.54. The first-order valence-corrected chi connectivity index (χ1v) is 13.8. The molecule has 0 bridgehead atoms. The molecule has 8 nitrogen and oxygen atoms in total. The fourth-order valence-corrected chi connectivity index (χ4v) is 6.01. The van der Waals surface area contributed by atoms with Crippen molar-refractivity contribution in [1.29, 1.82) is 5.41 Å². The first kappa shape index (κ1) is 28.7. The third-order valence-corrected chi connectivity index (χ3v) is 8.09. The Bertz CT molecular complexity index is 1420. The first-order chi connectivity index (χ1) is 19.2. The molecule has 2 aromatic carbocycles. The SMILES string of the molecule is [C-]#[N+]c1ccc(N2C(=N)C3(CCC3)N(c3ccc(N4CCN(C(=O)OC(C)(C)C)CC4)cc3)C2=S)cc1C(F)(F)F. The molecule has 3 aliphatic rings. The van der Waals surface area contributed by atoms with E-state index in [1.165, 1.54) is 11.0 Å². The number of anilines is 3. The minimum absolute atomic E-state index is 0.118. The van der Waals surface area contributed by atoms with Crippen LogP contribution in [0.15, 0.2) is 42.5 Å².